The number of methoxy groups -OCH3 is 1. The lowest BCUT2D eigenvalue weighted by atomic mass is 10.0. The van der Waals surface area contributed by atoms with Crippen molar-refractivity contribution < 1.29 is 43.7 Å². The Morgan fingerprint density at radius 3 is 1.98 bits per heavy atom. The molecular weight excluding hydrogens is 596 g/mol. The fraction of sp³-hybridized carbons (Fsp3) is 0.273. The Hall–Kier alpha value is -5.72. The largest absolute Gasteiger partial charge is 0.497 e. The van der Waals surface area contributed by atoms with Gasteiger partial charge in [0, 0.05) is 31.5 Å². The van der Waals surface area contributed by atoms with Crippen LogP contribution in [-0.4, -0.2) is 65.0 Å². The van der Waals surface area contributed by atoms with Gasteiger partial charge in [0.25, 0.3) is 0 Å². The first kappa shape index (κ1) is 34.8. The minimum Gasteiger partial charge on any atom is -0.497 e. The van der Waals surface area contributed by atoms with Gasteiger partial charge >= 0.3 is 17.8 Å². The molecule has 13 heteroatoms. The molecule has 46 heavy (non-hydrogen) atoms. The highest BCUT2D eigenvalue weighted by molar-refractivity contribution is 6.36. The SMILES string of the molecule is COc1ccc(CNC(=O)[C@H](CCC(=O)O)NC(=O)[C@H](Cc2ccc(NC(=O)C(=O)O)cc2)NC(=O)CCc2ccccc2)cc1. The highest BCUT2D eigenvalue weighted by atomic mass is 16.5. The predicted octanol–water partition coefficient (Wildman–Crippen LogP) is 2.04. The second-order valence-corrected chi connectivity index (χ2v) is 10.3. The summed E-state index contributed by atoms with van der Waals surface area (Å²) in [5.74, 6) is -5.09. The summed E-state index contributed by atoms with van der Waals surface area (Å²) < 4.78 is 5.13. The zero-order valence-corrected chi connectivity index (χ0v) is 25.2. The van der Waals surface area contributed by atoms with Crippen LogP contribution >= 0.6 is 0 Å². The van der Waals surface area contributed by atoms with Crippen molar-refractivity contribution in [3.05, 3.63) is 95.6 Å². The van der Waals surface area contributed by atoms with Crippen LogP contribution in [0.2, 0.25) is 0 Å². The average molecular weight is 633 g/mol. The molecule has 3 rings (SSSR count). The number of aryl methyl sites for hydroxylation is 1. The lowest BCUT2D eigenvalue weighted by Gasteiger charge is -2.23. The number of amides is 4. The maximum Gasteiger partial charge on any atom is 0.394 e. The minimum atomic E-state index is -1.65. The number of rotatable bonds is 16. The lowest BCUT2D eigenvalue weighted by Crippen LogP contribution is -2.54. The first-order valence-corrected chi connectivity index (χ1v) is 14.4. The number of aliphatic carboxylic acids is 2. The molecule has 4 amide bonds. The van der Waals surface area contributed by atoms with E-state index in [0.29, 0.717) is 17.7 Å². The summed E-state index contributed by atoms with van der Waals surface area (Å²) in [5.41, 5.74) is 2.46. The van der Waals surface area contributed by atoms with Gasteiger partial charge in [0.05, 0.1) is 7.11 Å². The zero-order valence-electron chi connectivity index (χ0n) is 25.2. The molecular formula is C33H36N4O9. The Morgan fingerprint density at radius 2 is 1.37 bits per heavy atom. The van der Waals surface area contributed by atoms with E-state index >= 15 is 0 Å². The van der Waals surface area contributed by atoms with Gasteiger partial charge in [-0.3, -0.25) is 24.0 Å². The van der Waals surface area contributed by atoms with Crippen molar-refractivity contribution in [2.45, 2.75) is 50.7 Å². The first-order chi connectivity index (χ1) is 22.0. The molecule has 2 atom stereocenters. The Kier molecular flexibility index (Phi) is 13.3. The van der Waals surface area contributed by atoms with Crippen molar-refractivity contribution >= 4 is 41.3 Å². The second kappa shape index (κ2) is 17.5. The number of carbonyl (C=O) groups is 6. The summed E-state index contributed by atoms with van der Waals surface area (Å²) in [4.78, 5) is 73.2. The molecule has 6 N–H and O–H groups in total. The molecule has 0 unspecified atom stereocenters. The van der Waals surface area contributed by atoms with Crippen molar-refractivity contribution in [1.29, 1.82) is 0 Å². The van der Waals surface area contributed by atoms with Crippen LogP contribution in [0.1, 0.15) is 36.0 Å². The van der Waals surface area contributed by atoms with Crippen LogP contribution < -0.4 is 26.0 Å². The number of anilines is 1. The van der Waals surface area contributed by atoms with Crippen LogP contribution in [0.5, 0.6) is 5.75 Å². The van der Waals surface area contributed by atoms with Crippen molar-refractivity contribution in [3.8, 4) is 5.75 Å². The van der Waals surface area contributed by atoms with Crippen LogP contribution in [0, 0.1) is 0 Å². The topological polar surface area (TPSA) is 200 Å². The van der Waals surface area contributed by atoms with Gasteiger partial charge in [-0.05, 0) is 53.8 Å². The second-order valence-electron chi connectivity index (χ2n) is 10.3. The third-order valence-corrected chi connectivity index (χ3v) is 6.89. The molecule has 0 saturated carbocycles. The maximum absolute atomic E-state index is 13.6. The quantitative estimate of drug-likeness (QED) is 0.128. The molecule has 0 spiro atoms. The summed E-state index contributed by atoms with van der Waals surface area (Å²) in [6.45, 7) is 0.118. The number of carboxylic acids is 2. The third-order valence-electron chi connectivity index (χ3n) is 6.89. The molecule has 3 aromatic carbocycles. The summed E-state index contributed by atoms with van der Waals surface area (Å²) in [6.07, 6.45) is -0.0946. The van der Waals surface area contributed by atoms with Gasteiger partial charge in [0.2, 0.25) is 17.7 Å². The smallest absolute Gasteiger partial charge is 0.394 e. The van der Waals surface area contributed by atoms with Crippen molar-refractivity contribution in [2.75, 3.05) is 12.4 Å². The van der Waals surface area contributed by atoms with Crippen LogP contribution in [0.4, 0.5) is 5.69 Å². The molecule has 0 radical (unpaired) electrons. The molecule has 0 aliphatic heterocycles. The Bertz CT molecular complexity index is 1510. The Balaban J connectivity index is 1.74. The van der Waals surface area contributed by atoms with Crippen LogP contribution in [0.25, 0.3) is 0 Å². The van der Waals surface area contributed by atoms with Crippen molar-refractivity contribution in [1.82, 2.24) is 16.0 Å². The Morgan fingerprint density at radius 1 is 0.717 bits per heavy atom. The van der Waals surface area contributed by atoms with Gasteiger partial charge in [-0.1, -0.05) is 54.6 Å². The van der Waals surface area contributed by atoms with Gasteiger partial charge in [0.1, 0.15) is 17.8 Å². The fourth-order valence-corrected chi connectivity index (χ4v) is 4.39. The number of hydrogen-bond donors (Lipinski definition) is 6. The summed E-state index contributed by atoms with van der Waals surface area (Å²) >= 11 is 0. The van der Waals surface area contributed by atoms with Gasteiger partial charge in [-0.2, -0.15) is 0 Å². The van der Waals surface area contributed by atoms with Crippen molar-refractivity contribution in [2.24, 2.45) is 0 Å². The molecule has 0 fully saturated rings. The summed E-state index contributed by atoms with van der Waals surface area (Å²) in [5, 5.41) is 28.3. The molecule has 0 saturated heterocycles. The van der Waals surface area contributed by atoms with Crippen LogP contribution in [0.3, 0.4) is 0 Å². The number of carbonyl (C=O) groups excluding carboxylic acids is 4. The normalized spacial score (nSPS) is 11.8. The molecule has 3 aromatic rings. The summed E-state index contributed by atoms with van der Waals surface area (Å²) in [6, 6.07) is 19.9. The number of carboxylic acid groups (broad SMARTS) is 2. The van der Waals surface area contributed by atoms with Gasteiger partial charge in [-0.25, -0.2) is 4.79 Å². The van der Waals surface area contributed by atoms with E-state index in [1.54, 1.807) is 36.4 Å². The molecule has 242 valence electrons. The first-order valence-electron chi connectivity index (χ1n) is 14.4. The standard InChI is InChI=1S/C33H36N4O9/c1-46-25-14-9-23(10-15-25)20-34-30(41)26(16-18-29(39)40)37-31(42)27(36-28(38)17-11-21-5-3-2-4-6-21)19-22-7-12-24(13-8-22)35-32(43)33(44)45/h2-10,12-15,26-27H,11,16-20H2,1H3,(H,34,41)(H,35,43)(H,36,38)(H,37,42)(H,39,40)(H,44,45)/t26-,27-/m0/s1. The van der Waals surface area contributed by atoms with Crippen LogP contribution in [-0.2, 0) is 48.2 Å². The van der Waals surface area contributed by atoms with E-state index in [1.165, 1.54) is 19.2 Å². The van der Waals surface area contributed by atoms with E-state index in [-0.39, 0.29) is 31.5 Å². The van der Waals surface area contributed by atoms with E-state index in [1.807, 2.05) is 30.3 Å². The number of ether oxygens (including phenoxy) is 1. The van der Waals surface area contributed by atoms with Gasteiger partial charge in [0.15, 0.2) is 0 Å². The molecule has 0 aromatic heterocycles. The number of hydrogen-bond acceptors (Lipinski definition) is 7. The predicted molar refractivity (Wildman–Crippen MR) is 167 cm³/mol. The number of nitrogens with one attached hydrogen (secondary N) is 4. The van der Waals surface area contributed by atoms with E-state index in [0.717, 1.165) is 11.1 Å². The molecule has 0 heterocycles. The summed E-state index contributed by atoms with van der Waals surface area (Å²) in [7, 11) is 1.53. The molecule has 0 aliphatic rings. The van der Waals surface area contributed by atoms with E-state index < -0.39 is 54.1 Å². The zero-order chi connectivity index (χ0) is 33.5. The molecule has 13 nitrogen and oxygen atoms in total. The minimum absolute atomic E-state index is 0.0187. The highest BCUT2D eigenvalue weighted by Gasteiger charge is 2.27. The molecule has 0 bridgehead atoms. The highest BCUT2D eigenvalue weighted by Crippen LogP contribution is 2.14. The fourth-order valence-electron chi connectivity index (χ4n) is 4.39. The Labute approximate surface area is 265 Å². The average Bonchev–Trinajstić information content (AvgIpc) is 3.05. The van der Waals surface area contributed by atoms with E-state index in [9.17, 15) is 33.9 Å². The monoisotopic (exact) mass is 632 g/mol. The van der Waals surface area contributed by atoms with Crippen molar-refractivity contribution in [3.63, 3.8) is 0 Å². The maximum atomic E-state index is 13.6. The van der Waals surface area contributed by atoms with Gasteiger partial charge < -0.3 is 36.2 Å². The molecule has 0 aliphatic carbocycles. The number of benzene rings is 3. The lowest BCUT2D eigenvalue weighted by molar-refractivity contribution is -0.147. The van der Waals surface area contributed by atoms with E-state index in [4.69, 9.17) is 9.84 Å². The third kappa shape index (κ3) is 11.8. The van der Waals surface area contributed by atoms with E-state index in [2.05, 4.69) is 21.3 Å². The van der Waals surface area contributed by atoms with Crippen LogP contribution in [0.15, 0.2) is 78.9 Å². The van der Waals surface area contributed by atoms with Gasteiger partial charge in [-0.15, -0.1) is 0 Å².